The molecule has 1 unspecified atom stereocenters. The van der Waals surface area contributed by atoms with E-state index in [0.717, 1.165) is 20.1 Å². The first-order chi connectivity index (χ1) is 8.54. The lowest BCUT2D eigenvalue weighted by atomic mass is 10.0. The molecule has 0 aliphatic rings. The number of hydrogen-bond donors (Lipinski definition) is 1. The molecule has 1 N–H and O–H groups in total. The highest BCUT2D eigenvalue weighted by Gasteiger charge is 2.10. The van der Waals surface area contributed by atoms with E-state index in [1.807, 2.05) is 18.2 Å². The minimum absolute atomic E-state index is 0.485. The van der Waals surface area contributed by atoms with Crippen molar-refractivity contribution < 1.29 is 5.11 Å². The van der Waals surface area contributed by atoms with E-state index in [2.05, 4.69) is 63.0 Å². The third kappa shape index (κ3) is 3.67. The number of aliphatic hydroxyl groups excluding tert-OH is 1. The van der Waals surface area contributed by atoms with Crippen LogP contribution in [0.15, 0.2) is 51.4 Å². The maximum absolute atomic E-state index is 10.3. The van der Waals surface area contributed by atoms with E-state index in [9.17, 15) is 5.11 Å². The molecule has 1 atom stereocenters. The molecule has 3 heteroatoms. The van der Waals surface area contributed by atoms with Crippen LogP contribution in [0.2, 0.25) is 0 Å². The molecule has 2 aromatic rings. The lowest BCUT2D eigenvalue weighted by Gasteiger charge is -2.12. The van der Waals surface area contributed by atoms with E-state index in [4.69, 9.17) is 0 Å². The summed E-state index contributed by atoms with van der Waals surface area (Å²) in [7, 11) is 0. The summed E-state index contributed by atoms with van der Waals surface area (Å²) in [6, 6.07) is 14.1. The number of benzene rings is 2. The molecule has 2 aromatic carbocycles. The van der Waals surface area contributed by atoms with Crippen LogP contribution in [0.5, 0.6) is 0 Å². The van der Waals surface area contributed by atoms with Crippen molar-refractivity contribution >= 4 is 31.9 Å². The van der Waals surface area contributed by atoms with Crippen molar-refractivity contribution in [1.29, 1.82) is 0 Å². The van der Waals surface area contributed by atoms with Crippen LogP contribution in [0.3, 0.4) is 0 Å². The van der Waals surface area contributed by atoms with Crippen molar-refractivity contribution in [1.82, 2.24) is 0 Å². The summed E-state index contributed by atoms with van der Waals surface area (Å²) in [5, 5.41) is 10.3. The summed E-state index contributed by atoms with van der Waals surface area (Å²) in [5.74, 6) is 0. The van der Waals surface area contributed by atoms with Gasteiger partial charge in [0.1, 0.15) is 0 Å². The first-order valence-corrected chi connectivity index (χ1v) is 7.33. The number of aryl methyl sites for hydroxylation is 1. The number of rotatable bonds is 3. The van der Waals surface area contributed by atoms with Crippen molar-refractivity contribution in [2.24, 2.45) is 0 Å². The maximum Gasteiger partial charge on any atom is 0.0831 e. The Hall–Kier alpha value is -0.640. The predicted molar refractivity (Wildman–Crippen MR) is 81.7 cm³/mol. The van der Waals surface area contributed by atoms with Crippen LogP contribution in [0.4, 0.5) is 0 Å². The van der Waals surface area contributed by atoms with Gasteiger partial charge in [-0.05, 0) is 36.2 Å². The second kappa shape index (κ2) is 6.00. The van der Waals surface area contributed by atoms with Gasteiger partial charge in [-0.3, -0.25) is 0 Å². The highest BCUT2D eigenvalue weighted by atomic mass is 79.9. The largest absolute Gasteiger partial charge is 0.388 e. The van der Waals surface area contributed by atoms with Crippen molar-refractivity contribution in [3.63, 3.8) is 0 Å². The minimum atomic E-state index is -0.485. The fourth-order valence-electron chi connectivity index (χ4n) is 1.83. The Kier molecular flexibility index (Phi) is 4.60. The van der Waals surface area contributed by atoms with Crippen LogP contribution in [0.1, 0.15) is 22.8 Å². The monoisotopic (exact) mass is 368 g/mol. The van der Waals surface area contributed by atoms with Gasteiger partial charge in [0.15, 0.2) is 0 Å². The minimum Gasteiger partial charge on any atom is -0.388 e. The average molecular weight is 370 g/mol. The molecule has 0 bridgehead atoms. The van der Waals surface area contributed by atoms with Crippen molar-refractivity contribution in [3.05, 3.63) is 68.1 Å². The quantitative estimate of drug-likeness (QED) is 0.824. The molecule has 0 spiro atoms. The number of aliphatic hydroxyl groups is 1. The third-order valence-corrected chi connectivity index (χ3v) is 3.73. The molecule has 0 saturated heterocycles. The van der Waals surface area contributed by atoms with Crippen molar-refractivity contribution in [2.45, 2.75) is 19.4 Å². The Labute approximate surface area is 124 Å². The fourth-order valence-corrected chi connectivity index (χ4v) is 3.16. The normalized spacial score (nSPS) is 12.4. The molecule has 0 heterocycles. The maximum atomic E-state index is 10.3. The SMILES string of the molecule is Cc1ccc(CC(O)c2cc(Br)cc(Br)c2)cc1. The van der Waals surface area contributed by atoms with Gasteiger partial charge in [0.2, 0.25) is 0 Å². The Morgan fingerprint density at radius 3 is 2.11 bits per heavy atom. The van der Waals surface area contributed by atoms with E-state index in [-0.39, 0.29) is 0 Å². The van der Waals surface area contributed by atoms with Gasteiger partial charge >= 0.3 is 0 Å². The molecule has 0 aliphatic carbocycles. The van der Waals surface area contributed by atoms with Gasteiger partial charge in [0.05, 0.1) is 6.10 Å². The van der Waals surface area contributed by atoms with Crippen LogP contribution in [0, 0.1) is 6.92 Å². The van der Waals surface area contributed by atoms with Gasteiger partial charge in [0.25, 0.3) is 0 Å². The van der Waals surface area contributed by atoms with Crippen molar-refractivity contribution in [3.8, 4) is 0 Å². The average Bonchev–Trinajstić information content (AvgIpc) is 2.31. The molecule has 0 radical (unpaired) electrons. The number of halogens is 2. The predicted octanol–water partition coefficient (Wildman–Crippen LogP) is 4.80. The smallest absolute Gasteiger partial charge is 0.0831 e. The third-order valence-electron chi connectivity index (χ3n) is 2.82. The number of hydrogen-bond acceptors (Lipinski definition) is 1. The van der Waals surface area contributed by atoms with Gasteiger partial charge < -0.3 is 5.11 Å². The Morgan fingerprint density at radius 2 is 1.56 bits per heavy atom. The Morgan fingerprint density at radius 1 is 1.00 bits per heavy atom. The molecule has 0 saturated carbocycles. The molecular weight excluding hydrogens is 356 g/mol. The second-order valence-electron chi connectivity index (χ2n) is 4.41. The molecule has 2 rings (SSSR count). The van der Waals surface area contributed by atoms with E-state index < -0.39 is 6.10 Å². The summed E-state index contributed by atoms with van der Waals surface area (Å²) in [6.45, 7) is 2.06. The summed E-state index contributed by atoms with van der Waals surface area (Å²) >= 11 is 6.87. The zero-order valence-corrected chi connectivity index (χ0v) is 13.2. The first kappa shape index (κ1) is 13.8. The molecule has 18 heavy (non-hydrogen) atoms. The standard InChI is InChI=1S/C15H14Br2O/c1-10-2-4-11(5-3-10)6-15(18)12-7-13(16)9-14(17)8-12/h2-5,7-9,15,18H,6H2,1H3. The summed E-state index contributed by atoms with van der Waals surface area (Å²) in [5.41, 5.74) is 3.29. The van der Waals surface area contributed by atoms with E-state index in [0.29, 0.717) is 6.42 Å². The fraction of sp³-hybridized carbons (Fsp3) is 0.200. The van der Waals surface area contributed by atoms with Crippen LogP contribution in [-0.4, -0.2) is 5.11 Å². The van der Waals surface area contributed by atoms with Gasteiger partial charge in [-0.2, -0.15) is 0 Å². The summed E-state index contributed by atoms with van der Waals surface area (Å²) < 4.78 is 1.93. The van der Waals surface area contributed by atoms with Gasteiger partial charge in [-0.1, -0.05) is 61.7 Å². The molecule has 0 fully saturated rings. The highest BCUT2D eigenvalue weighted by Crippen LogP contribution is 2.26. The molecule has 1 nitrogen and oxygen atoms in total. The zero-order chi connectivity index (χ0) is 13.1. The van der Waals surface area contributed by atoms with Gasteiger partial charge in [0, 0.05) is 15.4 Å². The zero-order valence-electron chi connectivity index (χ0n) is 10.0. The van der Waals surface area contributed by atoms with Crippen LogP contribution < -0.4 is 0 Å². The Bertz CT molecular complexity index is 514. The van der Waals surface area contributed by atoms with E-state index >= 15 is 0 Å². The first-order valence-electron chi connectivity index (χ1n) is 5.74. The summed E-state index contributed by atoms with van der Waals surface area (Å²) in [6.07, 6.45) is 0.143. The lowest BCUT2D eigenvalue weighted by Crippen LogP contribution is -2.02. The Balaban J connectivity index is 2.16. The summed E-state index contributed by atoms with van der Waals surface area (Å²) in [4.78, 5) is 0. The topological polar surface area (TPSA) is 20.2 Å². The van der Waals surface area contributed by atoms with E-state index in [1.165, 1.54) is 5.56 Å². The van der Waals surface area contributed by atoms with Crippen molar-refractivity contribution in [2.75, 3.05) is 0 Å². The molecule has 0 amide bonds. The molecule has 0 aliphatic heterocycles. The lowest BCUT2D eigenvalue weighted by molar-refractivity contribution is 0.178. The molecular formula is C15H14Br2O. The molecule has 94 valence electrons. The van der Waals surface area contributed by atoms with Crippen LogP contribution in [0.25, 0.3) is 0 Å². The van der Waals surface area contributed by atoms with Gasteiger partial charge in [-0.25, -0.2) is 0 Å². The second-order valence-corrected chi connectivity index (χ2v) is 6.24. The van der Waals surface area contributed by atoms with E-state index in [1.54, 1.807) is 0 Å². The van der Waals surface area contributed by atoms with Gasteiger partial charge in [-0.15, -0.1) is 0 Å². The van der Waals surface area contributed by atoms with Crippen LogP contribution >= 0.6 is 31.9 Å². The van der Waals surface area contributed by atoms with Crippen LogP contribution in [-0.2, 0) is 6.42 Å². The molecule has 0 aromatic heterocycles. The highest BCUT2D eigenvalue weighted by molar-refractivity contribution is 9.11.